The third kappa shape index (κ3) is 5.36. The van der Waals surface area contributed by atoms with Gasteiger partial charge in [-0.1, -0.05) is 71.2 Å². The minimum atomic E-state index is -0.732. The molecular weight excluding hydrogens is 440 g/mol. The molecule has 28 heavy (non-hydrogen) atoms. The predicted molar refractivity (Wildman–Crippen MR) is 115 cm³/mol. The fourth-order valence-corrected chi connectivity index (χ4v) is 4.25. The van der Waals surface area contributed by atoms with Crippen molar-refractivity contribution in [3.63, 3.8) is 0 Å². The van der Waals surface area contributed by atoms with Crippen LogP contribution in [0.2, 0.25) is 0 Å². The molecule has 0 saturated heterocycles. The third-order valence-corrected chi connectivity index (χ3v) is 5.78. The van der Waals surface area contributed by atoms with Crippen molar-refractivity contribution >= 4 is 39.3 Å². The van der Waals surface area contributed by atoms with E-state index in [0.29, 0.717) is 6.54 Å². The first-order chi connectivity index (χ1) is 13.6. The lowest BCUT2D eigenvalue weighted by atomic mass is 10.0. The molecule has 2 aromatic rings. The molecule has 2 aromatic carbocycles. The van der Waals surface area contributed by atoms with Crippen molar-refractivity contribution in [2.75, 3.05) is 5.88 Å². The first kappa shape index (κ1) is 20.9. The second-order valence-corrected chi connectivity index (χ2v) is 8.27. The number of hydrogen-bond donors (Lipinski definition) is 1. The van der Waals surface area contributed by atoms with Gasteiger partial charge in [-0.15, -0.1) is 11.6 Å². The Morgan fingerprint density at radius 2 is 1.82 bits per heavy atom. The number of nitrogens with one attached hydrogen (secondary N) is 1. The molecule has 148 valence electrons. The Balaban J connectivity index is 1.95. The second-order valence-electron chi connectivity index (χ2n) is 7.09. The van der Waals surface area contributed by atoms with Crippen LogP contribution in [0.4, 0.5) is 0 Å². The maximum atomic E-state index is 13.3. The summed E-state index contributed by atoms with van der Waals surface area (Å²) in [5.74, 6) is -0.593. The molecule has 0 aromatic heterocycles. The number of benzene rings is 2. The highest BCUT2D eigenvalue weighted by Crippen LogP contribution is 2.28. The van der Waals surface area contributed by atoms with Crippen molar-refractivity contribution in [2.24, 2.45) is 0 Å². The van der Waals surface area contributed by atoms with Gasteiger partial charge in [-0.05, 0) is 36.1 Å². The summed E-state index contributed by atoms with van der Waals surface area (Å²) in [4.78, 5) is 27.6. The summed E-state index contributed by atoms with van der Waals surface area (Å²) in [6, 6.07) is 16.6. The van der Waals surface area contributed by atoms with Gasteiger partial charge < -0.3 is 10.2 Å². The van der Waals surface area contributed by atoms with Crippen molar-refractivity contribution in [1.82, 2.24) is 10.2 Å². The van der Waals surface area contributed by atoms with Gasteiger partial charge in [-0.2, -0.15) is 0 Å². The van der Waals surface area contributed by atoms with Crippen molar-refractivity contribution in [3.05, 3.63) is 70.2 Å². The van der Waals surface area contributed by atoms with E-state index in [-0.39, 0.29) is 23.7 Å². The maximum Gasteiger partial charge on any atom is 0.247 e. The van der Waals surface area contributed by atoms with Crippen LogP contribution in [0.3, 0.4) is 0 Å². The van der Waals surface area contributed by atoms with Gasteiger partial charge in [0.1, 0.15) is 11.9 Å². The quantitative estimate of drug-likeness (QED) is 0.599. The van der Waals surface area contributed by atoms with E-state index in [0.717, 1.165) is 41.3 Å². The van der Waals surface area contributed by atoms with Gasteiger partial charge in [0.25, 0.3) is 0 Å². The van der Waals surface area contributed by atoms with Crippen LogP contribution in [0.15, 0.2) is 59.1 Å². The fourth-order valence-electron chi connectivity index (χ4n) is 3.68. The van der Waals surface area contributed by atoms with Gasteiger partial charge >= 0.3 is 0 Å². The van der Waals surface area contributed by atoms with E-state index >= 15 is 0 Å². The maximum absolute atomic E-state index is 13.3. The summed E-state index contributed by atoms with van der Waals surface area (Å²) in [6.45, 7) is 0.321. The number of alkyl halides is 1. The average molecular weight is 464 g/mol. The molecule has 0 bridgehead atoms. The van der Waals surface area contributed by atoms with Crippen LogP contribution in [0, 0.1) is 0 Å². The number of nitrogens with zero attached hydrogens (tertiary/aromatic N) is 1. The largest absolute Gasteiger partial charge is 0.351 e. The first-order valence-corrected chi connectivity index (χ1v) is 10.9. The van der Waals surface area contributed by atoms with Crippen LogP contribution in [0.5, 0.6) is 0 Å². The lowest BCUT2D eigenvalue weighted by Crippen LogP contribution is -2.46. The first-order valence-electron chi connectivity index (χ1n) is 9.53. The molecule has 0 spiro atoms. The molecular formula is C22H24BrClN2O2. The Morgan fingerprint density at radius 3 is 2.46 bits per heavy atom. The number of carbonyl (C=O) groups excluding carboxylic acids is 2. The zero-order valence-electron chi connectivity index (χ0n) is 15.6. The average Bonchev–Trinajstić information content (AvgIpc) is 3.20. The molecule has 1 aliphatic carbocycles. The van der Waals surface area contributed by atoms with Crippen LogP contribution >= 0.6 is 27.5 Å². The minimum absolute atomic E-state index is 0.153. The van der Waals surface area contributed by atoms with E-state index in [4.69, 9.17) is 11.6 Å². The summed E-state index contributed by atoms with van der Waals surface area (Å²) < 4.78 is 0.863. The van der Waals surface area contributed by atoms with Gasteiger partial charge in [-0.25, -0.2) is 0 Å². The van der Waals surface area contributed by atoms with Crippen molar-refractivity contribution in [3.8, 4) is 0 Å². The molecule has 0 aliphatic heterocycles. The third-order valence-electron chi connectivity index (χ3n) is 5.06. The number of hydrogen-bond acceptors (Lipinski definition) is 2. The molecule has 1 saturated carbocycles. The number of halogens is 2. The Bertz CT molecular complexity index is 809. The van der Waals surface area contributed by atoms with E-state index in [1.165, 1.54) is 0 Å². The van der Waals surface area contributed by atoms with Gasteiger partial charge in [0, 0.05) is 17.1 Å². The van der Waals surface area contributed by atoms with Crippen LogP contribution < -0.4 is 5.32 Å². The van der Waals surface area contributed by atoms with E-state index < -0.39 is 6.04 Å². The van der Waals surface area contributed by atoms with Gasteiger partial charge in [0.15, 0.2) is 0 Å². The Morgan fingerprint density at radius 1 is 1.11 bits per heavy atom. The highest BCUT2D eigenvalue weighted by atomic mass is 79.9. The lowest BCUT2D eigenvalue weighted by Gasteiger charge is -2.32. The van der Waals surface area contributed by atoms with E-state index in [1.54, 1.807) is 4.90 Å². The summed E-state index contributed by atoms with van der Waals surface area (Å²) in [6.07, 6.45) is 4.22. The zero-order valence-corrected chi connectivity index (χ0v) is 18.0. The number of rotatable bonds is 7. The molecule has 1 fully saturated rings. The highest BCUT2D eigenvalue weighted by Gasteiger charge is 2.33. The van der Waals surface area contributed by atoms with Crippen molar-refractivity contribution in [2.45, 2.75) is 44.3 Å². The smallest absolute Gasteiger partial charge is 0.247 e. The topological polar surface area (TPSA) is 49.4 Å². The molecule has 0 unspecified atom stereocenters. The number of carbonyl (C=O) groups is 2. The van der Waals surface area contributed by atoms with Crippen LogP contribution in [0.1, 0.15) is 42.9 Å². The number of amides is 2. The SMILES string of the molecule is O=C(NC1CCCC1)[C@H](c1cccc(Br)c1)N(Cc1ccccc1)C(=O)CCl. The van der Waals surface area contributed by atoms with E-state index in [1.807, 2.05) is 54.6 Å². The van der Waals surface area contributed by atoms with Crippen LogP contribution in [-0.4, -0.2) is 28.6 Å². The van der Waals surface area contributed by atoms with Crippen molar-refractivity contribution < 1.29 is 9.59 Å². The standard InChI is InChI=1S/C22H24BrClN2O2/c23-18-10-6-9-17(13-18)21(22(28)25-19-11-4-5-12-19)26(20(27)14-24)15-16-7-2-1-3-8-16/h1-3,6-10,13,19,21H,4-5,11-12,14-15H2,(H,25,28)/t21-/m0/s1. The normalized spacial score (nSPS) is 15.2. The Kier molecular flexibility index (Phi) is 7.51. The van der Waals surface area contributed by atoms with Crippen LogP contribution in [-0.2, 0) is 16.1 Å². The Hall–Kier alpha value is -1.85. The second kappa shape index (κ2) is 10.1. The molecule has 0 radical (unpaired) electrons. The predicted octanol–water partition coefficient (Wildman–Crippen LogP) is 4.82. The molecule has 1 aliphatic rings. The summed E-state index contributed by atoms with van der Waals surface area (Å²) in [5, 5.41) is 3.15. The summed E-state index contributed by atoms with van der Waals surface area (Å²) in [5.41, 5.74) is 1.72. The Labute approximate surface area is 179 Å². The molecule has 1 atom stereocenters. The molecule has 0 heterocycles. The molecule has 1 N–H and O–H groups in total. The van der Waals surface area contributed by atoms with E-state index in [9.17, 15) is 9.59 Å². The monoisotopic (exact) mass is 462 g/mol. The highest BCUT2D eigenvalue weighted by molar-refractivity contribution is 9.10. The zero-order chi connectivity index (χ0) is 19.9. The molecule has 6 heteroatoms. The van der Waals surface area contributed by atoms with Gasteiger partial charge in [-0.3, -0.25) is 9.59 Å². The minimum Gasteiger partial charge on any atom is -0.351 e. The van der Waals surface area contributed by atoms with Crippen LogP contribution in [0.25, 0.3) is 0 Å². The molecule has 2 amide bonds. The lowest BCUT2D eigenvalue weighted by molar-refractivity contribution is -0.140. The van der Waals surface area contributed by atoms with Gasteiger partial charge in [0.2, 0.25) is 11.8 Å². The summed E-state index contributed by atoms with van der Waals surface area (Å²) >= 11 is 9.40. The van der Waals surface area contributed by atoms with Gasteiger partial charge in [0.05, 0.1) is 0 Å². The van der Waals surface area contributed by atoms with Crippen molar-refractivity contribution in [1.29, 1.82) is 0 Å². The summed E-state index contributed by atoms with van der Waals surface area (Å²) in [7, 11) is 0. The fraction of sp³-hybridized carbons (Fsp3) is 0.364. The molecule has 4 nitrogen and oxygen atoms in total. The molecule has 3 rings (SSSR count). The van der Waals surface area contributed by atoms with E-state index in [2.05, 4.69) is 21.2 Å².